The molecule has 26 heavy (non-hydrogen) atoms. The van der Waals surface area contributed by atoms with Crippen molar-refractivity contribution in [2.45, 2.75) is 19.9 Å². The molecule has 0 bridgehead atoms. The number of aryl methyl sites for hydroxylation is 1. The van der Waals surface area contributed by atoms with Crippen LogP contribution in [0, 0.1) is 0 Å². The minimum Gasteiger partial charge on any atom is -0.341 e. The van der Waals surface area contributed by atoms with Gasteiger partial charge in [-0.2, -0.15) is 0 Å². The van der Waals surface area contributed by atoms with E-state index < -0.39 is 0 Å². The Morgan fingerprint density at radius 1 is 0.769 bits per heavy atom. The van der Waals surface area contributed by atoms with Gasteiger partial charge in [-0.3, -0.25) is 0 Å². The summed E-state index contributed by atoms with van der Waals surface area (Å²) in [5, 5.41) is 5.46. The zero-order valence-electron chi connectivity index (χ0n) is 14.8. The Hall–Kier alpha value is -3.06. The first-order valence-electron chi connectivity index (χ1n) is 9.40. The molecule has 4 aromatic carbocycles. The topological polar surface area (TPSA) is 4.93 Å². The highest BCUT2D eigenvalue weighted by Crippen LogP contribution is 2.45. The molecule has 0 saturated carbocycles. The molecule has 0 atom stereocenters. The number of para-hydroxylation sites is 1. The molecule has 5 aromatic rings. The fraction of sp³-hybridized carbons (Fsp3) is 0.120. The molecule has 0 saturated heterocycles. The van der Waals surface area contributed by atoms with Crippen molar-refractivity contribution < 1.29 is 0 Å². The van der Waals surface area contributed by atoms with Crippen LogP contribution in [0.3, 0.4) is 0 Å². The van der Waals surface area contributed by atoms with Gasteiger partial charge in [-0.05, 0) is 46.0 Å². The summed E-state index contributed by atoms with van der Waals surface area (Å²) in [7, 11) is 0. The molecule has 1 aromatic heterocycles. The van der Waals surface area contributed by atoms with Crippen molar-refractivity contribution in [3.8, 4) is 11.1 Å². The molecule has 6 rings (SSSR count). The van der Waals surface area contributed by atoms with Gasteiger partial charge in [0, 0.05) is 29.3 Å². The first-order valence-corrected chi connectivity index (χ1v) is 9.40. The Balaban J connectivity index is 1.78. The predicted octanol–water partition coefficient (Wildman–Crippen LogP) is 6.54. The zero-order chi connectivity index (χ0) is 17.3. The van der Waals surface area contributed by atoms with Crippen molar-refractivity contribution in [3.63, 3.8) is 0 Å². The second-order valence-electron chi connectivity index (χ2n) is 7.25. The van der Waals surface area contributed by atoms with Gasteiger partial charge in [0.1, 0.15) is 0 Å². The third-order valence-corrected chi connectivity index (χ3v) is 6.01. The maximum atomic E-state index is 2.50. The van der Waals surface area contributed by atoms with Crippen LogP contribution in [0.2, 0.25) is 0 Å². The summed E-state index contributed by atoms with van der Waals surface area (Å²) < 4.78 is 2.50. The normalized spacial score (nSPS) is 12.8. The summed E-state index contributed by atoms with van der Waals surface area (Å²) in [5.41, 5.74) is 8.58. The van der Waals surface area contributed by atoms with Gasteiger partial charge in [0.2, 0.25) is 0 Å². The Kier molecular flexibility index (Phi) is 2.71. The molecule has 1 aliphatic carbocycles. The van der Waals surface area contributed by atoms with Gasteiger partial charge in [-0.15, -0.1) is 0 Å². The van der Waals surface area contributed by atoms with Crippen LogP contribution in [0.4, 0.5) is 0 Å². The van der Waals surface area contributed by atoms with E-state index in [2.05, 4.69) is 84.3 Å². The van der Waals surface area contributed by atoms with Crippen molar-refractivity contribution in [2.75, 3.05) is 0 Å². The molecule has 124 valence electrons. The standard InChI is InChI=1S/C25H19N/c1-2-26-23-10-6-5-9-19(23)21-14-13-20-22(25(21)26)15-17-12-11-16-7-3-4-8-18(16)24(17)20/h3-14H,2,15H2,1H3. The molecule has 0 amide bonds. The monoisotopic (exact) mass is 333 g/mol. The van der Waals surface area contributed by atoms with Crippen LogP contribution >= 0.6 is 0 Å². The van der Waals surface area contributed by atoms with E-state index in [9.17, 15) is 0 Å². The van der Waals surface area contributed by atoms with E-state index in [4.69, 9.17) is 0 Å². The lowest BCUT2D eigenvalue weighted by atomic mass is 9.97. The number of nitrogens with zero attached hydrogens (tertiary/aromatic N) is 1. The molecule has 0 unspecified atom stereocenters. The SMILES string of the molecule is CCn1c2ccccc2c2ccc3c(c21)Cc1ccc2ccccc2c1-3. The van der Waals surface area contributed by atoms with Crippen LogP contribution in [-0.2, 0) is 13.0 Å². The van der Waals surface area contributed by atoms with Crippen LogP contribution in [0.15, 0.2) is 72.8 Å². The molecular weight excluding hydrogens is 314 g/mol. The summed E-state index contributed by atoms with van der Waals surface area (Å²) in [5.74, 6) is 0. The number of rotatable bonds is 1. The number of benzene rings is 4. The number of aromatic nitrogens is 1. The van der Waals surface area contributed by atoms with Gasteiger partial charge < -0.3 is 4.57 Å². The van der Waals surface area contributed by atoms with Gasteiger partial charge in [0.15, 0.2) is 0 Å². The molecule has 1 aliphatic rings. The molecule has 0 N–H and O–H groups in total. The zero-order valence-corrected chi connectivity index (χ0v) is 14.8. The summed E-state index contributed by atoms with van der Waals surface area (Å²) in [4.78, 5) is 0. The highest BCUT2D eigenvalue weighted by molar-refractivity contribution is 6.13. The van der Waals surface area contributed by atoms with E-state index in [0.717, 1.165) is 13.0 Å². The Bertz CT molecular complexity index is 1340. The van der Waals surface area contributed by atoms with Crippen molar-refractivity contribution in [3.05, 3.63) is 83.9 Å². The van der Waals surface area contributed by atoms with Crippen molar-refractivity contribution in [1.82, 2.24) is 4.57 Å². The lowest BCUT2D eigenvalue weighted by molar-refractivity contribution is 0.824. The number of fused-ring (bicyclic) bond motifs is 9. The number of hydrogen-bond donors (Lipinski definition) is 0. The molecule has 0 fully saturated rings. The van der Waals surface area contributed by atoms with E-state index in [-0.39, 0.29) is 0 Å². The first kappa shape index (κ1) is 14.1. The maximum Gasteiger partial charge on any atom is 0.0533 e. The summed E-state index contributed by atoms with van der Waals surface area (Å²) in [6, 6.07) is 26.9. The van der Waals surface area contributed by atoms with Crippen LogP contribution < -0.4 is 0 Å². The van der Waals surface area contributed by atoms with E-state index in [1.165, 1.54) is 54.8 Å². The van der Waals surface area contributed by atoms with Crippen LogP contribution in [-0.4, -0.2) is 4.57 Å². The Morgan fingerprint density at radius 3 is 2.46 bits per heavy atom. The quantitative estimate of drug-likeness (QED) is 0.322. The highest BCUT2D eigenvalue weighted by atomic mass is 15.0. The van der Waals surface area contributed by atoms with Gasteiger partial charge >= 0.3 is 0 Å². The maximum absolute atomic E-state index is 2.50. The van der Waals surface area contributed by atoms with Crippen molar-refractivity contribution in [2.24, 2.45) is 0 Å². The van der Waals surface area contributed by atoms with E-state index in [1.54, 1.807) is 0 Å². The fourth-order valence-electron chi connectivity index (χ4n) is 4.93. The molecule has 0 aliphatic heterocycles. The van der Waals surface area contributed by atoms with Crippen LogP contribution in [0.25, 0.3) is 43.7 Å². The Labute approximate surface area is 152 Å². The molecule has 0 spiro atoms. The molecular formula is C25H19N. The largest absolute Gasteiger partial charge is 0.341 e. The van der Waals surface area contributed by atoms with E-state index in [0.29, 0.717) is 0 Å². The Morgan fingerprint density at radius 2 is 1.58 bits per heavy atom. The summed E-state index contributed by atoms with van der Waals surface area (Å²) >= 11 is 0. The van der Waals surface area contributed by atoms with Gasteiger partial charge in [-0.1, -0.05) is 66.7 Å². The van der Waals surface area contributed by atoms with Crippen molar-refractivity contribution in [1.29, 1.82) is 0 Å². The van der Waals surface area contributed by atoms with Crippen molar-refractivity contribution >= 4 is 32.6 Å². The fourth-order valence-corrected chi connectivity index (χ4v) is 4.93. The van der Waals surface area contributed by atoms with Crippen LogP contribution in [0.1, 0.15) is 18.1 Å². The minimum absolute atomic E-state index is 0.998. The lowest BCUT2D eigenvalue weighted by Crippen LogP contribution is -1.96. The third-order valence-electron chi connectivity index (χ3n) is 6.01. The highest BCUT2D eigenvalue weighted by Gasteiger charge is 2.25. The van der Waals surface area contributed by atoms with Gasteiger partial charge in [0.25, 0.3) is 0 Å². The average Bonchev–Trinajstić information content (AvgIpc) is 3.23. The lowest BCUT2D eigenvalue weighted by Gasteiger charge is -2.09. The average molecular weight is 333 g/mol. The third kappa shape index (κ3) is 1.65. The minimum atomic E-state index is 0.998. The summed E-state index contributed by atoms with van der Waals surface area (Å²) in [6.07, 6.45) is 1.03. The molecule has 1 heterocycles. The predicted molar refractivity (Wildman–Crippen MR) is 111 cm³/mol. The molecule has 1 nitrogen and oxygen atoms in total. The smallest absolute Gasteiger partial charge is 0.0533 e. The second kappa shape index (κ2) is 4.98. The van der Waals surface area contributed by atoms with E-state index in [1.807, 2.05) is 0 Å². The molecule has 1 heteroatoms. The van der Waals surface area contributed by atoms with Crippen LogP contribution in [0.5, 0.6) is 0 Å². The second-order valence-corrected chi connectivity index (χ2v) is 7.25. The number of hydrogen-bond acceptors (Lipinski definition) is 0. The van der Waals surface area contributed by atoms with E-state index >= 15 is 0 Å². The first-order chi connectivity index (χ1) is 12.9. The summed E-state index contributed by atoms with van der Waals surface area (Å²) in [6.45, 7) is 3.25. The molecule has 0 radical (unpaired) electrons. The van der Waals surface area contributed by atoms with Gasteiger partial charge in [0.05, 0.1) is 5.52 Å². The van der Waals surface area contributed by atoms with Gasteiger partial charge in [-0.25, -0.2) is 0 Å².